The molecule has 0 saturated carbocycles. The molecule has 2 rings (SSSR count). The van der Waals surface area contributed by atoms with E-state index in [2.05, 4.69) is 16.9 Å². The molecule has 0 aliphatic carbocycles. The molecule has 0 aromatic carbocycles. The van der Waals surface area contributed by atoms with Crippen molar-refractivity contribution in [2.45, 2.75) is 24.9 Å². The Labute approximate surface area is 159 Å². The number of rotatable bonds is 2. The number of likely N-dealkylation sites (tertiary alicyclic amines) is 2. The number of hydrogen-bond donors (Lipinski definition) is 1. The molecule has 4 atom stereocenters. The number of nitrogens with zero attached hydrogens (tertiary/aromatic N) is 4. The molecule has 0 bridgehead atoms. The number of methoxy groups -OCH3 is 1. The third-order valence-electron chi connectivity index (χ3n) is 4.29. The molecule has 24 heavy (non-hydrogen) atoms. The van der Waals surface area contributed by atoms with E-state index in [9.17, 15) is 4.79 Å². The maximum absolute atomic E-state index is 11.1. The van der Waals surface area contributed by atoms with Crippen molar-refractivity contribution in [1.29, 1.82) is 10.5 Å². The second kappa shape index (κ2) is 12.4. The third kappa shape index (κ3) is 6.85. The van der Waals surface area contributed by atoms with Gasteiger partial charge in [0, 0.05) is 27.5 Å². The number of likely N-dealkylation sites (N-methyl/N-ethyl adjacent to an activating group) is 2. The van der Waals surface area contributed by atoms with Crippen LogP contribution in [0.2, 0.25) is 0 Å². The fraction of sp³-hybridized carbons (Fsp3) is 0.800. The average molecular weight is 327 g/mol. The normalized spacial score (nSPS) is 29.1. The quantitative estimate of drug-likeness (QED) is 0.416. The fourth-order valence-electron chi connectivity index (χ4n) is 2.89. The van der Waals surface area contributed by atoms with Crippen LogP contribution >= 0.6 is 0 Å². The maximum Gasteiger partial charge on any atom is 1.00 e. The van der Waals surface area contributed by atoms with Gasteiger partial charge < -0.3 is 11.3 Å². The first-order chi connectivity index (χ1) is 10.5. The van der Waals surface area contributed by atoms with Gasteiger partial charge in [0.25, 0.3) is 0 Å². The van der Waals surface area contributed by atoms with Crippen LogP contribution in [0.1, 0.15) is 14.3 Å². The second-order valence-electron chi connectivity index (χ2n) is 5.88. The van der Waals surface area contributed by atoms with E-state index in [4.69, 9.17) is 15.6 Å². The Morgan fingerprint density at radius 2 is 1.71 bits per heavy atom. The molecule has 2 saturated heterocycles. The predicted molar refractivity (Wildman–Crippen MR) is 86.2 cm³/mol. The van der Waals surface area contributed by atoms with Gasteiger partial charge in [0.05, 0.1) is 37.7 Å². The molecule has 2 aliphatic heterocycles. The summed E-state index contributed by atoms with van der Waals surface area (Å²) in [5.74, 6) is -0.142. The molecule has 0 spiro atoms. The minimum atomic E-state index is -0.241. The Kier molecular flexibility index (Phi) is 13.0. The molecule has 0 aromatic heterocycles. The van der Waals surface area contributed by atoms with Crippen LogP contribution in [0.3, 0.4) is 0 Å². The molecule has 127 valence electrons. The first-order valence-corrected chi connectivity index (χ1v) is 7.35. The van der Waals surface area contributed by atoms with Gasteiger partial charge in [-0.3, -0.25) is 14.6 Å². The molecule has 0 amide bonds. The summed E-state index contributed by atoms with van der Waals surface area (Å²) in [6, 6.07) is 4.35. The zero-order valence-corrected chi connectivity index (χ0v) is 15.0. The molecule has 0 unspecified atom stereocenters. The fourth-order valence-corrected chi connectivity index (χ4v) is 2.89. The zero-order chi connectivity index (χ0) is 16.7. The molecule has 2 heterocycles. The van der Waals surface area contributed by atoms with Gasteiger partial charge in [-0.2, -0.15) is 10.5 Å². The van der Waals surface area contributed by atoms with Gasteiger partial charge in [-0.25, -0.2) is 0 Å². The van der Waals surface area contributed by atoms with Crippen LogP contribution in [0.15, 0.2) is 0 Å². The molecular formula is C15H25BLiN4O3. The van der Waals surface area contributed by atoms with Gasteiger partial charge in [-0.1, -0.05) is 0 Å². The van der Waals surface area contributed by atoms with Crippen molar-refractivity contribution in [2.75, 3.05) is 40.9 Å². The molecule has 3 radical (unpaired) electrons. The number of ether oxygens (including phenoxy) is 1. The molecule has 2 aliphatic rings. The average Bonchev–Trinajstić information content (AvgIpc) is 3.09. The van der Waals surface area contributed by atoms with Crippen LogP contribution in [0.4, 0.5) is 0 Å². The largest absolute Gasteiger partial charge is 1.00 e. The molecule has 0 aromatic rings. The Balaban J connectivity index is -0.000000350. The molecule has 1 N–H and O–H groups in total. The number of aliphatic hydroxyl groups is 1. The first-order valence-electron chi connectivity index (χ1n) is 7.35. The zero-order valence-electron chi connectivity index (χ0n) is 16.0. The second-order valence-corrected chi connectivity index (χ2v) is 5.88. The predicted octanol–water partition coefficient (Wildman–Crippen LogP) is -3.44. The Bertz CT molecular complexity index is 475. The summed E-state index contributed by atoms with van der Waals surface area (Å²) in [5, 5.41) is 26.0. The van der Waals surface area contributed by atoms with E-state index in [1.54, 1.807) is 0 Å². The first kappa shape index (κ1) is 25.2. The van der Waals surface area contributed by atoms with E-state index >= 15 is 0 Å². The third-order valence-corrected chi connectivity index (χ3v) is 4.29. The van der Waals surface area contributed by atoms with Gasteiger partial charge in [0.15, 0.2) is 0 Å². The number of carbonyl (C=O) groups excluding carboxylic acids is 1. The summed E-state index contributed by atoms with van der Waals surface area (Å²) in [7, 11) is 5.15. The summed E-state index contributed by atoms with van der Waals surface area (Å²) in [6.45, 7) is 1.65. The van der Waals surface area contributed by atoms with Crippen molar-refractivity contribution in [3.05, 3.63) is 0 Å². The van der Waals surface area contributed by atoms with Crippen molar-refractivity contribution < 1.29 is 34.9 Å². The van der Waals surface area contributed by atoms with Crippen LogP contribution in [-0.4, -0.2) is 82.3 Å². The van der Waals surface area contributed by atoms with Crippen LogP contribution in [0, 0.1) is 34.5 Å². The smallest absolute Gasteiger partial charge is 1.00 e. The van der Waals surface area contributed by atoms with E-state index in [1.807, 2.05) is 23.9 Å². The number of hydrogen-bond acceptors (Lipinski definition) is 7. The van der Waals surface area contributed by atoms with E-state index < -0.39 is 0 Å². The number of nitriles is 2. The topological polar surface area (TPSA) is 101 Å². The van der Waals surface area contributed by atoms with Crippen molar-refractivity contribution >= 4 is 14.4 Å². The Morgan fingerprint density at radius 1 is 1.21 bits per heavy atom. The summed E-state index contributed by atoms with van der Waals surface area (Å²) in [6.07, 6.45) is 1.42. The van der Waals surface area contributed by atoms with Crippen molar-refractivity contribution in [1.82, 2.24) is 9.80 Å². The van der Waals surface area contributed by atoms with Crippen LogP contribution < -0.4 is 18.9 Å². The summed E-state index contributed by atoms with van der Waals surface area (Å²) in [5.41, 5.74) is 0. The van der Waals surface area contributed by atoms with E-state index in [0.29, 0.717) is 13.0 Å². The van der Waals surface area contributed by atoms with E-state index in [-0.39, 0.29) is 65.2 Å². The van der Waals surface area contributed by atoms with Crippen molar-refractivity contribution in [3.8, 4) is 12.1 Å². The Hall–Kier alpha value is -1.01. The van der Waals surface area contributed by atoms with Crippen LogP contribution in [0.5, 0.6) is 0 Å². The molecular weight excluding hydrogens is 302 g/mol. The summed E-state index contributed by atoms with van der Waals surface area (Å²) < 4.78 is 4.61. The van der Waals surface area contributed by atoms with Gasteiger partial charge in [-0.05, 0) is 26.9 Å². The van der Waals surface area contributed by atoms with Gasteiger partial charge in [-0.15, -0.1) is 0 Å². The SMILES string of the molecule is CN1C[C@H](C#N)C[C@H]1CO.COC(=O)[C@@H]1C[C@@H](C#N)CN1C.[B].[H-].[Li+]. The van der Waals surface area contributed by atoms with Crippen molar-refractivity contribution in [2.24, 2.45) is 11.8 Å². The molecule has 7 nitrogen and oxygen atoms in total. The number of esters is 1. The minimum absolute atomic E-state index is 0. The van der Waals surface area contributed by atoms with Gasteiger partial charge >= 0.3 is 24.8 Å². The van der Waals surface area contributed by atoms with E-state index in [1.165, 1.54) is 7.11 Å². The number of carbonyl (C=O) groups is 1. The van der Waals surface area contributed by atoms with E-state index in [0.717, 1.165) is 13.0 Å². The summed E-state index contributed by atoms with van der Waals surface area (Å²) in [4.78, 5) is 15.0. The minimum Gasteiger partial charge on any atom is -1.00 e. The van der Waals surface area contributed by atoms with Crippen molar-refractivity contribution in [3.63, 3.8) is 0 Å². The summed E-state index contributed by atoms with van der Waals surface area (Å²) >= 11 is 0. The number of aliphatic hydroxyl groups excluding tert-OH is 1. The molecule has 9 heteroatoms. The Morgan fingerprint density at radius 3 is 2.04 bits per heavy atom. The monoisotopic (exact) mass is 327 g/mol. The molecule has 2 fully saturated rings. The van der Waals surface area contributed by atoms with Crippen LogP contribution in [-0.2, 0) is 9.53 Å². The maximum atomic E-state index is 11.1. The standard InChI is InChI=1S/C8H12N2O2.C7H12N2O.B.Li.H/c1-10-5-6(4-9)3-7(10)8(11)12-2;1-9-4-6(3-8)2-7(9)5-10;;;/h6-7H,3,5H2,1-2H3;6-7,10H,2,4-5H2,1H3;;;/q;;;+1;-1/t2*6-,7-;;;/m00.../s1. The van der Waals surface area contributed by atoms with Gasteiger partial charge in [0.2, 0.25) is 0 Å². The van der Waals surface area contributed by atoms with Gasteiger partial charge in [0.1, 0.15) is 6.04 Å². The van der Waals surface area contributed by atoms with Crippen LogP contribution in [0.25, 0.3) is 0 Å².